The minimum absolute atomic E-state index is 0.665. The van der Waals surface area contributed by atoms with Gasteiger partial charge in [0.2, 0.25) is 0 Å². The maximum atomic E-state index is 5.50. The van der Waals surface area contributed by atoms with Gasteiger partial charge in [-0.05, 0) is 30.5 Å². The first-order valence-electron chi connectivity index (χ1n) is 4.22. The Bertz CT molecular complexity index is 364. The van der Waals surface area contributed by atoms with Gasteiger partial charge in [0.25, 0.3) is 0 Å². The van der Waals surface area contributed by atoms with Crippen molar-refractivity contribution in [1.82, 2.24) is 0 Å². The average Bonchev–Trinajstić information content (AvgIpc) is 2.71. The van der Waals surface area contributed by atoms with Crippen LogP contribution in [0.2, 0.25) is 0 Å². The zero-order chi connectivity index (χ0) is 9.10. The Morgan fingerprint density at radius 3 is 3.00 bits per heavy atom. The van der Waals surface area contributed by atoms with E-state index in [1.54, 1.807) is 17.6 Å². The Hall–Kier alpha value is -1.06. The van der Waals surface area contributed by atoms with Gasteiger partial charge >= 0.3 is 0 Å². The molecule has 3 heteroatoms. The summed E-state index contributed by atoms with van der Waals surface area (Å²) in [7, 11) is 0. The maximum Gasteiger partial charge on any atom is 0.147 e. The zero-order valence-electron chi connectivity index (χ0n) is 7.19. The Labute approximate surface area is 81.0 Å². The van der Waals surface area contributed by atoms with E-state index in [9.17, 15) is 0 Å². The molecule has 13 heavy (non-hydrogen) atoms. The third-order valence-corrected chi connectivity index (χ3v) is 2.77. The molecule has 0 atom stereocenters. The van der Waals surface area contributed by atoms with E-state index < -0.39 is 0 Å². The number of rotatable bonds is 3. The maximum absolute atomic E-state index is 5.50. The molecule has 2 N–H and O–H groups in total. The number of furan rings is 1. The lowest BCUT2D eigenvalue weighted by molar-refractivity contribution is 0.581. The average molecular weight is 193 g/mol. The fraction of sp³-hybridized carbons (Fsp3) is 0.200. The molecule has 0 unspecified atom stereocenters. The lowest BCUT2D eigenvalue weighted by atomic mass is 10.1. The summed E-state index contributed by atoms with van der Waals surface area (Å²) in [5.74, 6) is 0.973. The van der Waals surface area contributed by atoms with Crippen LogP contribution in [-0.4, -0.2) is 6.54 Å². The Kier molecular flexibility index (Phi) is 2.47. The van der Waals surface area contributed by atoms with Gasteiger partial charge in [0, 0.05) is 5.56 Å². The van der Waals surface area contributed by atoms with E-state index in [2.05, 4.69) is 6.07 Å². The smallest absolute Gasteiger partial charge is 0.147 e. The minimum Gasteiger partial charge on any atom is -0.463 e. The predicted molar refractivity (Wildman–Crippen MR) is 54.8 cm³/mol. The third kappa shape index (κ3) is 1.66. The van der Waals surface area contributed by atoms with E-state index in [1.807, 2.05) is 17.5 Å². The van der Waals surface area contributed by atoms with Crippen LogP contribution >= 0.6 is 11.3 Å². The van der Waals surface area contributed by atoms with E-state index >= 15 is 0 Å². The summed E-state index contributed by atoms with van der Waals surface area (Å²) < 4.78 is 5.42. The molecule has 0 bridgehead atoms. The first-order valence-corrected chi connectivity index (χ1v) is 5.10. The van der Waals surface area contributed by atoms with Crippen LogP contribution in [0, 0.1) is 0 Å². The molecule has 0 aliphatic rings. The van der Waals surface area contributed by atoms with Crippen molar-refractivity contribution in [3.05, 3.63) is 35.4 Å². The van der Waals surface area contributed by atoms with Crippen molar-refractivity contribution in [3.8, 4) is 10.6 Å². The van der Waals surface area contributed by atoms with Crippen LogP contribution in [0.5, 0.6) is 0 Å². The second kappa shape index (κ2) is 3.77. The van der Waals surface area contributed by atoms with Gasteiger partial charge in [-0.15, -0.1) is 11.3 Å². The summed E-state index contributed by atoms with van der Waals surface area (Å²) in [6.07, 6.45) is 2.60. The topological polar surface area (TPSA) is 39.2 Å². The van der Waals surface area contributed by atoms with Gasteiger partial charge in [-0.1, -0.05) is 6.07 Å². The summed E-state index contributed by atoms with van der Waals surface area (Å²) in [6, 6.07) is 6.07. The fourth-order valence-electron chi connectivity index (χ4n) is 1.31. The molecule has 0 aromatic carbocycles. The van der Waals surface area contributed by atoms with Crippen molar-refractivity contribution < 1.29 is 4.42 Å². The highest BCUT2D eigenvalue weighted by atomic mass is 32.1. The van der Waals surface area contributed by atoms with Gasteiger partial charge < -0.3 is 10.2 Å². The van der Waals surface area contributed by atoms with Crippen LogP contribution in [-0.2, 0) is 6.42 Å². The number of thiophene rings is 1. The minimum atomic E-state index is 0.665. The lowest BCUT2D eigenvalue weighted by Crippen LogP contribution is -2.02. The molecular formula is C10H11NOS. The van der Waals surface area contributed by atoms with Crippen LogP contribution < -0.4 is 5.73 Å². The van der Waals surface area contributed by atoms with Crippen molar-refractivity contribution in [2.24, 2.45) is 5.73 Å². The van der Waals surface area contributed by atoms with Crippen LogP contribution in [0.25, 0.3) is 10.6 Å². The van der Waals surface area contributed by atoms with E-state index in [4.69, 9.17) is 10.2 Å². The molecule has 0 aliphatic heterocycles. The molecule has 0 saturated carbocycles. The molecule has 0 fully saturated rings. The lowest BCUT2D eigenvalue weighted by Gasteiger charge is -1.96. The summed E-state index contributed by atoms with van der Waals surface area (Å²) in [5.41, 5.74) is 6.70. The highest BCUT2D eigenvalue weighted by molar-refractivity contribution is 7.13. The van der Waals surface area contributed by atoms with Gasteiger partial charge in [0.15, 0.2) is 0 Å². The highest BCUT2D eigenvalue weighted by Gasteiger charge is 2.08. The summed E-state index contributed by atoms with van der Waals surface area (Å²) in [4.78, 5) is 1.17. The number of hydrogen-bond acceptors (Lipinski definition) is 3. The molecule has 0 aliphatic carbocycles. The van der Waals surface area contributed by atoms with E-state index in [-0.39, 0.29) is 0 Å². The number of nitrogens with two attached hydrogens (primary N) is 1. The van der Waals surface area contributed by atoms with Gasteiger partial charge in [0.05, 0.1) is 11.1 Å². The standard InChI is InChI=1S/C10H11NOS/c11-5-3-8-4-6-12-10(8)9-2-1-7-13-9/h1-2,4,6-7H,3,5,11H2. The van der Waals surface area contributed by atoms with Crippen molar-refractivity contribution in [2.45, 2.75) is 6.42 Å². The van der Waals surface area contributed by atoms with E-state index in [0.29, 0.717) is 6.54 Å². The van der Waals surface area contributed by atoms with Gasteiger partial charge in [-0.25, -0.2) is 0 Å². The van der Waals surface area contributed by atoms with Crippen LogP contribution in [0.3, 0.4) is 0 Å². The quantitative estimate of drug-likeness (QED) is 0.813. The van der Waals surface area contributed by atoms with Gasteiger partial charge in [0.1, 0.15) is 5.76 Å². The Balaban J connectivity index is 2.35. The molecule has 2 rings (SSSR count). The summed E-state index contributed by atoms with van der Waals surface area (Å²) in [6.45, 7) is 0.665. The number of hydrogen-bond donors (Lipinski definition) is 1. The first kappa shape index (κ1) is 8.53. The van der Waals surface area contributed by atoms with E-state index in [1.165, 1.54) is 10.4 Å². The zero-order valence-corrected chi connectivity index (χ0v) is 8.01. The van der Waals surface area contributed by atoms with Crippen molar-refractivity contribution in [1.29, 1.82) is 0 Å². The molecule has 2 aromatic heterocycles. The monoisotopic (exact) mass is 193 g/mol. The summed E-state index contributed by atoms with van der Waals surface area (Å²) >= 11 is 1.69. The van der Waals surface area contributed by atoms with Crippen LogP contribution in [0.4, 0.5) is 0 Å². The summed E-state index contributed by atoms with van der Waals surface area (Å²) in [5, 5.41) is 2.05. The van der Waals surface area contributed by atoms with Gasteiger partial charge in [-0.2, -0.15) is 0 Å². The van der Waals surface area contributed by atoms with Crippen molar-refractivity contribution in [2.75, 3.05) is 6.54 Å². The molecule has 0 radical (unpaired) electrons. The fourth-order valence-corrected chi connectivity index (χ4v) is 2.06. The Morgan fingerprint density at radius 1 is 1.38 bits per heavy atom. The molecule has 0 spiro atoms. The largest absolute Gasteiger partial charge is 0.463 e. The van der Waals surface area contributed by atoms with E-state index in [0.717, 1.165) is 12.2 Å². The van der Waals surface area contributed by atoms with Crippen LogP contribution in [0.1, 0.15) is 5.56 Å². The molecule has 68 valence electrons. The molecule has 2 heterocycles. The van der Waals surface area contributed by atoms with Crippen molar-refractivity contribution in [3.63, 3.8) is 0 Å². The SMILES string of the molecule is NCCc1ccoc1-c1cccs1. The third-order valence-electron chi connectivity index (χ3n) is 1.91. The second-order valence-corrected chi connectivity index (χ2v) is 3.74. The molecule has 2 nitrogen and oxygen atoms in total. The second-order valence-electron chi connectivity index (χ2n) is 2.79. The van der Waals surface area contributed by atoms with Gasteiger partial charge in [-0.3, -0.25) is 0 Å². The highest BCUT2D eigenvalue weighted by Crippen LogP contribution is 2.28. The molecular weight excluding hydrogens is 182 g/mol. The molecule has 0 saturated heterocycles. The van der Waals surface area contributed by atoms with Crippen molar-refractivity contribution >= 4 is 11.3 Å². The first-order chi connectivity index (χ1) is 6.42. The molecule has 0 amide bonds. The van der Waals surface area contributed by atoms with Crippen LogP contribution in [0.15, 0.2) is 34.3 Å². The normalized spacial score (nSPS) is 10.5. The predicted octanol–water partition coefficient (Wildman–Crippen LogP) is 2.51. The molecule has 2 aromatic rings. The Morgan fingerprint density at radius 2 is 2.31 bits per heavy atom.